The molecule has 23 heavy (non-hydrogen) atoms. The lowest BCUT2D eigenvalue weighted by Crippen LogP contribution is -2.11. The second kappa shape index (κ2) is 5.65. The summed E-state index contributed by atoms with van der Waals surface area (Å²) in [7, 11) is 0. The number of hydrogen-bond acceptors (Lipinski definition) is 2. The molecule has 0 radical (unpaired) electrons. The zero-order chi connectivity index (χ0) is 16.6. The summed E-state index contributed by atoms with van der Waals surface area (Å²) in [5, 5.41) is 0. The Hall–Kier alpha value is -2.43. The molecule has 1 aliphatic rings. The number of aldehydes is 1. The number of nitrogens with zero attached hydrogens (tertiary/aromatic N) is 1. The van der Waals surface area contributed by atoms with Crippen molar-refractivity contribution in [1.29, 1.82) is 0 Å². The summed E-state index contributed by atoms with van der Waals surface area (Å²) in [6, 6.07) is 6.83. The van der Waals surface area contributed by atoms with Crippen molar-refractivity contribution in [1.82, 2.24) is 4.98 Å². The fourth-order valence-corrected chi connectivity index (χ4v) is 2.84. The predicted molar refractivity (Wildman–Crippen MR) is 82.1 cm³/mol. The molecular formula is C18H14F3NO. The molecule has 1 heterocycles. The number of alkyl halides is 3. The second-order valence-electron chi connectivity index (χ2n) is 5.60. The third-order valence-electron chi connectivity index (χ3n) is 3.98. The zero-order valence-electron chi connectivity index (χ0n) is 12.4. The van der Waals surface area contributed by atoms with Gasteiger partial charge in [0.15, 0.2) is 6.29 Å². The lowest BCUT2D eigenvalue weighted by Gasteiger charge is -2.20. The van der Waals surface area contributed by atoms with E-state index in [4.69, 9.17) is 0 Å². The monoisotopic (exact) mass is 317 g/mol. The van der Waals surface area contributed by atoms with E-state index in [2.05, 4.69) is 4.98 Å². The van der Waals surface area contributed by atoms with Crippen LogP contribution in [0.25, 0.3) is 17.3 Å². The minimum Gasteiger partial charge on any atom is -0.298 e. The molecule has 1 atom stereocenters. The van der Waals surface area contributed by atoms with E-state index in [1.165, 1.54) is 18.2 Å². The smallest absolute Gasteiger partial charge is 0.298 e. The van der Waals surface area contributed by atoms with Crippen LogP contribution in [0.2, 0.25) is 0 Å². The molecule has 118 valence electrons. The van der Waals surface area contributed by atoms with Crippen LogP contribution in [0.4, 0.5) is 13.2 Å². The van der Waals surface area contributed by atoms with E-state index in [9.17, 15) is 18.0 Å². The Bertz CT molecular complexity index is 793. The molecule has 0 spiro atoms. The largest absolute Gasteiger partial charge is 0.417 e. The molecule has 1 aromatic carbocycles. The van der Waals surface area contributed by atoms with Gasteiger partial charge in [-0.15, -0.1) is 0 Å². The Kier molecular flexibility index (Phi) is 3.80. The van der Waals surface area contributed by atoms with Crippen LogP contribution in [0.15, 0.2) is 36.4 Å². The van der Waals surface area contributed by atoms with Crippen molar-refractivity contribution in [3.63, 3.8) is 0 Å². The first kappa shape index (κ1) is 15.5. The molecule has 1 unspecified atom stereocenters. The quantitative estimate of drug-likeness (QED) is 0.721. The number of carbonyl (C=O) groups excluding carboxylic acids is 1. The van der Waals surface area contributed by atoms with Crippen LogP contribution < -0.4 is 0 Å². The number of allylic oxidation sites excluding steroid dienone is 1. The van der Waals surface area contributed by atoms with Gasteiger partial charge in [-0.2, -0.15) is 13.2 Å². The molecule has 2 nitrogen and oxygen atoms in total. The van der Waals surface area contributed by atoms with Gasteiger partial charge in [-0.1, -0.05) is 37.3 Å². The van der Waals surface area contributed by atoms with E-state index < -0.39 is 11.7 Å². The van der Waals surface area contributed by atoms with Crippen molar-refractivity contribution in [2.75, 3.05) is 0 Å². The minimum absolute atomic E-state index is 0.0633. The zero-order valence-corrected chi connectivity index (χ0v) is 12.4. The molecule has 0 bridgehead atoms. The van der Waals surface area contributed by atoms with Crippen molar-refractivity contribution in [3.8, 4) is 11.3 Å². The third-order valence-corrected chi connectivity index (χ3v) is 3.98. The van der Waals surface area contributed by atoms with Gasteiger partial charge in [-0.25, -0.2) is 0 Å². The van der Waals surface area contributed by atoms with Crippen molar-refractivity contribution < 1.29 is 18.0 Å². The molecule has 0 aliphatic heterocycles. The molecule has 5 heteroatoms. The highest BCUT2D eigenvalue weighted by Gasteiger charge is 2.34. The molecule has 0 fully saturated rings. The molecule has 0 amide bonds. The Labute approximate surface area is 131 Å². The maximum Gasteiger partial charge on any atom is 0.417 e. The number of benzene rings is 1. The summed E-state index contributed by atoms with van der Waals surface area (Å²) in [6.45, 7) is 1.97. The molecule has 3 rings (SSSR count). The number of pyridine rings is 1. The molecule has 1 aromatic heterocycles. The topological polar surface area (TPSA) is 30.0 Å². The van der Waals surface area contributed by atoms with Crippen LogP contribution in [0, 0.1) is 0 Å². The van der Waals surface area contributed by atoms with Gasteiger partial charge in [0.1, 0.15) is 0 Å². The lowest BCUT2D eigenvalue weighted by molar-refractivity contribution is -0.137. The number of carbonyl (C=O) groups is 1. The number of rotatable bonds is 2. The van der Waals surface area contributed by atoms with Gasteiger partial charge in [0.2, 0.25) is 0 Å². The normalized spacial score (nSPS) is 17.0. The van der Waals surface area contributed by atoms with E-state index in [0.29, 0.717) is 6.29 Å². The van der Waals surface area contributed by atoms with Crippen molar-refractivity contribution in [2.45, 2.75) is 25.4 Å². The summed E-state index contributed by atoms with van der Waals surface area (Å²) in [6.07, 6.45) is 0.672. The van der Waals surface area contributed by atoms with Crippen LogP contribution in [0.3, 0.4) is 0 Å². The van der Waals surface area contributed by atoms with Crippen LogP contribution in [0.1, 0.15) is 46.4 Å². The number of aromatic nitrogens is 1. The maximum absolute atomic E-state index is 13.3. The Morgan fingerprint density at radius 1 is 1.26 bits per heavy atom. The summed E-state index contributed by atoms with van der Waals surface area (Å²) in [5.41, 5.74) is 0.929. The van der Waals surface area contributed by atoms with E-state index in [0.717, 1.165) is 23.7 Å². The van der Waals surface area contributed by atoms with E-state index >= 15 is 0 Å². The average Bonchev–Trinajstić information content (AvgIpc) is 2.53. The van der Waals surface area contributed by atoms with Gasteiger partial charge in [-0.05, 0) is 24.1 Å². The first-order chi connectivity index (χ1) is 10.9. The Balaban J connectivity index is 2.27. The molecule has 0 saturated carbocycles. The fraction of sp³-hybridized carbons (Fsp3) is 0.222. The predicted octanol–water partition coefficient (Wildman–Crippen LogP) is 5.10. The van der Waals surface area contributed by atoms with Crippen molar-refractivity contribution in [2.24, 2.45) is 0 Å². The van der Waals surface area contributed by atoms with Crippen LogP contribution in [0.5, 0.6) is 0 Å². The van der Waals surface area contributed by atoms with Crippen molar-refractivity contribution >= 4 is 12.4 Å². The highest BCUT2D eigenvalue weighted by Crippen LogP contribution is 2.39. The maximum atomic E-state index is 13.3. The standard InChI is InChI=1S/C18H14F3NO/c1-11-5-4-6-12-9-13(10-23)17(22-16(11)12)14-7-2-3-8-15(14)18(19,20)21/h2-4,6-11H,5H2,1H3. The molecule has 0 N–H and O–H groups in total. The highest BCUT2D eigenvalue weighted by molar-refractivity contribution is 5.88. The van der Waals surface area contributed by atoms with Gasteiger partial charge in [0.05, 0.1) is 17.0 Å². The first-order valence-electron chi connectivity index (χ1n) is 7.25. The van der Waals surface area contributed by atoms with Gasteiger partial charge in [0.25, 0.3) is 0 Å². The van der Waals surface area contributed by atoms with Crippen molar-refractivity contribution in [3.05, 3.63) is 58.8 Å². The van der Waals surface area contributed by atoms with Crippen LogP contribution in [-0.2, 0) is 6.18 Å². The molecule has 0 saturated heterocycles. The Morgan fingerprint density at radius 2 is 2.00 bits per heavy atom. The summed E-state index contributed by atoms with van der Waals surface area (Å²) < 4.78 is 39.8. The second-order valence-corrected chi connectivity index (χ2v) is 5.60. The molecular weight excluding hydrogens is 303 g/mol. The van der Waals surface area contributed by atoms with Crippen LogP contribution >= 0.6 is 0 Å². The van der Waals surface area contributed by atoms with Gasteiger partial charge in [-0.3, -0.25) is 9.78 Å². The van der Waals surface area contributed by atoms with E-state index in [1.807, 2.05) is 19.1 Å². The summed E-state index contributed by atoms with van der Waals surface area (Å²) >= 11 is 0. The number of fused-ring (bicyclic) bond motifs is 1. The van der Waals surface area contributed by atoms with Crippen LogP contribution in [-0.4, -0.2) is 11.3 Å². The lowest BCUT2D eigenvalue weighted by atomic mass is 9.90. The highest BCUT2D eigenvalue weighted by atomic mass is 19.4. The fourth-order valence-electron chi connectivity index (χ4n) is 2.84. The van der Waals surface area contributed by atoms with E-state index in [-0.39, 0.29) is 22.7 Å². The molecule has 2 aromatic rings. The first-order valence-corrected chi connectivity index (χ1v) is 7.25. The SMILES string of the molecule is CC1CC=Cc2cc(C=O)c(-c3ccccc3C(F)(F)F)nc21. The summed E-state index contributed by atoms with van der Waals surface area (Å²) in [5.74, 6) is 0.104. The third kappa shape index (κ3) is 2.79. The van der Waals surface area contributed by atoms with Gasteiger partial charge >= 0.3 is 6.18 Å². The van der Waals surface area contributed by atoms with Gasteiger partial charge in [0, 0.05) is 17.0 Å². The average molecular weight is 317 g/mol. The summed E-state index contributed by atoms with van der Waals surface area (Å²) in [4.78, 5) is 15.8. The van der Waals surface area contributed by atoms with Gasteiger partial charge < -0.3 is 0 Å². The molecule has 1 aliphatic carbocycles. The number of halogens is 3. The number of hydrogen-bond donors (Lipinski definition) is 0. The minimum atomic E-state index is -4.50. The van der Waals surface area contributed by atoms with E-state index in [1.54, 1.807) is 6.07 Å². The Morgan fingerprint density at radius 3 is 2.70 bits per heavy atom.